The fraction of sp³-hybridized carbons (Fsp3) is 0.391. The Hall–Kier alpha value is -2.29. The molecule has 1 saturated heterocycles. The van der Waals surface area contributed by atoms with Crippen LogP contribution >= 0.6 is 11.3 Å². The minimum absolute atomic E-state index is 0.00453. The first-order valence-corrected chi connectivity index (χ1v) is 12.7. The van der Waals surface area contributed by atoms with E-state index in [0.717, 1.165) is 29.5 Å². The summed E-state index contributed by atoms with van der Waals surface area (Å²) in [7, 11) is -1.65. The van der Waals surface area contributed by atoms with Crippen molar-refractivity contribution >= 4 is 37.5 Å². The molecule has 2 heterocycles. The third-order valence-electron chi connectivity index (χ3n) is 6.14. The second kappa shape index (κ2) is 8.33. The number of carbonyl (C=O) groups is 1. The Balaban J connectivity index is 1.64. The van der Waals surface area contributed by atoms with Gasteiger partial charge < -0.3 is 4.57 Å². The number of rotatable bonds is 3. The van der Waals surface area contributed by atoms with Gasteiger partial charge in [-0.05, 0) is 75.1 Å². The molecular weight excluding hydrogens is 430 g/mol. The molecule has 6 nitrogen and oxygen atoms in total. The smallest absolute Gasteiger partial charge is 0.279 e. The molecular formula is C23H27N3O3S2. The summed E-state index contributed by atoms with van der Waals surface area (Å²) in [5.41, 5.74) is 3.81. The minimum Gasteiger partial charge on any atom is -0.319 e. The van der Waals surface area contributed by atoms with Crippen LogP contribution in [0.15, 0.2) is 46.3 Å². The molecule has 8 heteroatoms. The predicted octanol–water partition coefficient (Wildman–Crippen LogP) is 4.16. The van der Waals surface area contributed by atoms with Crippen molar-refractivity contribution in [3.05, 3.63) is 57.9 Å². The first-order valence-electron chi connectivity index (χ1n) is 10.5. The van der Waals surface area contributed by atoms with Crippen molar-refractivity contribution in [2.24, 2.45) is 12.0 Å². The summed E-state index contributed by atoms with van der Waals surface area (Å²) in [6, 6.07) is 10.2. The molecule has 164 valence electrons. The number of thiazole rings is 1. The van der Waals surface area contributed by atoms with E-state index in [2.05, 4.69) is 24.9 Å². The summed E-state index contributed by atoms with van der Waals surface area (Å²) >= 11 is 1.47. The van der Waals surface area contributed by atoms with Crippen molar-refractivity contribution < 1.29 is 13.2 Å². The van der Waals surface area contributed by atoms with E-state index in [9.17, 15) is 13.2 Å². The molecule has 0 N–H and O–H groups in total. The quantitative estimate of drug-likeness (QED) is 0.593. The Bertz CT molecular complexity index is 1320. The third kappa shape index (κ3) is 4.00. The van der Waals surface area contributed by atoms with E-state index in [4.69, 9.17) is 0 Å². The summed E-state index contributed by atoms with van der Waals surface area (Å²) in [6.45, 7) is 6.62. The fourth-order valence-electron chi connectivity index (χ4n) is 4.12. The average molecular weight is 458 g/mol. The van der Waals surface area contributed by atoms with Crippen molar-refractivity contribution in [3.63, 3.8) is 0 Å². The maximum absolute atomic E-state index is 13.0. The molecule has 0 radical (unpaired) electrons. The van der Waals surface area contributed by atoms with Crippen molar-refractivity contribution in [3.8, 4) is 0 Å². The zero-order valence-electron chi connectivity index (χ0n) is 18.3. The lowest BCUT2D eigenvalue weighted by Gasteiger charge is -2.32. The molecule has 0 aliphatic carbocycles. The van der Waals surface area contributed by atoms with E-state index in [1.54, 1.807) is 16.4 Å². The van der Waals surface area contributed by atoms with Gasteiger partial charge in [0.2, 0.25) is 10.0 Å². The average Bonchev–Trinajstić information content (AvgIpc) is 3.07. The van der Waals surface area contributed by atoms with E-state index in [1.165, 1.54) is 34.6 Å². The van der Waals surface area contributed by atoms with Crippen LogP contribution in [0, 0.1) is 13.8 Å². The summed E-state index contributed by atoms with van der Waals surface area (Å²) in [5.74, 6) is -0.383. The van der Waals surface area contributed by atoms with Gasteiger partial charge in [0.1, 0.15) is 0 Å². The van der Waals surface area contributed by atoms with Gasteiger partial charge in [0.05, 0.1) is 15.1 Å². The highest BCUT2D eigenvalue weighted by atomic mass is 32.2. The number of hydrogen-bond acceptors (Lipinski definition) is 4. The monoisotopic (exact) mass is 457 g/mol. The first kappa shape index (κ1) is 21.9. The van der Waals surface area contributed by atoms with Crippen molar-refractivity contribution in [1.82, 2.24) is 8.87 Å². The molecule has 1 aliphatic rings. The zero-order valence-corrected chi connectivity index (χ0v) is 19.9. The lowest BCUT2D eigenvalue weighted by molar-refractivity contribution is 0.0998. The molecule has 0 spiro atoms. The van der Waals surface area contributed by atoms with Crippen molar-refractivity contribution in [1.29, 1.82) is 0 Å². The van der Waals surface area contributed by atoms with Crippen LogP contribution in [-0.2, 0) is 17.1 Å². The number of aryl methyl sites for hydroxylation is 3. The van der Waals surface area contributed by atoms with Gasteiger partial charge in [0.25, 0.3) is 5.91 Å². The molecule has 1 fully saturated rings. The van der Waals surface area contributed by atoms with Gasteiger partial charge in [-0.3, -0.25) is 4.79 Å². The molecule has 1 atom stereocenters. The molecule has 0 unspecified atom stereocenters. The van der Waals surface area contributed by atoms with Gasteiger partial charge in [0.15, 0.2) is 4.80 Å². The van der Waals surface area contributed by atoms with Crippen molar-refractivity contribution in [2.75, 3.05) is 6.54 Å². The molecule has 4 rings (SSSR count). The van der Waals surface area contributed by atoms with E-state index in [-0.39, 0.29) is 16.8 Å². The molecule has 1 aromatic heterocycles. The summed E-state index contributed by atoms with van der Waals surface area (Å²) < 4.78 is 30.6. The number of benzene rings is 2. The Morgan fingerprint density at radius 3 is 2.48 bits per heavy atom. The Morgan fingerprint density at radius 1 is 1.10 bits per heavy atom. The second-order valence-corrected chi connectivity index (χ2v) is 11.1. The van der Waals surface area contributed by atoms with Gasteiger partial charge in [-0.25, -0.2) is 8.42 Å². The normalized spacial score (nSPS) is 18.6. The van der Waals surface area contributed by atoms with Crippen LogP contribution in [0.25, 0.3) is 10.2 Å². The van der Waals surface area contributed by atoms with Gasteiger partial charge in [-0.2, -0.15) is 9.30 Å². The Kier molecular flexibility index (Phi) is 5.89. The number of nitrogens with zero attached hydrogens (tertiary/aromatic N) is 3. The molecule has 0 saturated carbocycles. The molecule has 0 bridgehead atoms. The van der Waals surface area contributed by atoms with E-state index in [0.29, 0.717) is 16.9 Å². The molecule has 31 heavy (non-hydrogen) atoms. The number of aromatic nitrogens is 1. The van der Waals surface area contributed by atoms with E-state index >= 15 is 0 Å². The first-order chi connectivity index (χ1) is 14.7. The van der Waals surface area contributed by atoms with Crippen LogP contribution in [0.3, 0.4) is 0 Å². The number of hydrogen-bond donors (Lipinski definition) is 0. The van der Waals surface area contributed by atoms with Crippen LogP contribution < -0.4 is 4.80 Å². The Morgan fingerprint density at radius 2 is 1.81 bits per heavy atom. The second-order valence-electron chi connectivity index (χ2n) is 8.20. The number of amides is 1. The standard InChI is InChI=1S/C23H27N3O3S2/c1-15-8-13-20-21(17(15)3)25(4)23(30-20)24-22(27)18-9-11-19(12-10-18)31(28,29)26-14-6-5-7-16(26)2/h8-13,16H,5-7,14H2,1-4H3/t16-/m0/s1. The largest absolute Gasteiger partial charge is 0.319 e. The maximum atomic E-state index is 13.0. The van der Waals surface area contributed by atoms with Crippen LogP contribution in [0.2, 0.25) is 0 Å². The van der Waals surface area contributed by atoms with Gasteiger partial charge in [-0.1, -0.05) is 23.8 Å². The number of piperidine rings is 1. The summed E-state index contributed by atoms with van der Waals surface area (Å²) in [4.78, 5) is 17.9. The number of fused-ring (bicyclic) bond motifs is 1. The molecule has 1 aliphatic heterocycles. The fourth-order valence-corrected chi connectivity index (χ4v) is 6.90. The highest BCUT2D eigenvalue weighted by Gasteiger charge is 2.30. The van der Waals surface area contributed by atoms with E-state index < -0.39 is 10.0 Å². The predicted molar refractivity (Wildman–Crippen MR) is 124 cm³/mol. The van der Waals surface area contributed by atoms with Crippen molar-refractivity contribution in [2.45, 2.75) is 51.0 Å². The minimum atomic E-state index is -3.56. The highest BCUT2D eigenvalue weighted by Crippen LogP contribution is 2.26. The summed E-state index contributed by atoms with van der Waals surface area (Å²) in [5, 5.41) is 0. The van der Waals surface area contributed by atoms with Crippen LogP contribution in [0.1, 0.15) is 47.7 Å². The van der Waals surface area contributed by atoms with Gasteiger partial charge >= 0.3 is 0 Å². The molecule has 1 amide bonds. The van der Waals surface area contributed by atoms with Gasteiger partial charge in [0, 0.05) is 25.2 Å². The van der Waals surface area contributed by atoms with Crippen LogP contribution in [0.5, 0.6) is 0 Å². The maximum Gasteiger partial charge on any atom is 0.279 e. The highest BCUT2D eigenvalue weighted by molar-refractivity contribution is 7.89. The lowest BCUT2D eigenvalue weighted by atomic mass is 10.1. The molecule has 2 aromatic carbocycles. The summed E-state index contributed by atoms with van der Waals surface area (Å²) in [6.07, 6.45) is 2.81. The zero-order chi connectivity index (χ0) is 22.3. The van der Waals surface area contributed by atoms with Gasteiger partial charge in [-0.15, -0.1) is 0 Å². The third-order valence-corrected chi connectivity index (χ3v) is 9.26. The lowest BCUT2D eigenvalue weighted by Crippen LogP contribution is -2.41. The van der Waals surface area contributed by atoms with Crippen LogP contribution in [-0.4, -0.2) is 35.8 Å². The SMILES string of the molecule is Cc1ccc2sc(=NC(=O)c3ccc(S(=O)(=O)N4CCCC[C@@H]4C)cc3)n(C)c2c1C. The number of carbonyl (C=O) groups excluding carboxylic acids is 1. The van der Waals surface area contributed by atoms with E-state index in [1.807, 2.05) is 24.6 Å². The number of sulfonamides is 1. The molecule has 3 aromatic rings. The Labute approximate surface area is 186 Å². The van der Waals surface area contributed by atoms with Crippen LogP contribution in [0.4, 0.5) is 0 Å². The topological polar surface area (TPSA) is 71.7 Å².